The van der Waals surface area contributed by atoms with Crippen LogP contribution in [0.5, 0.6) is 0 Å². The van der Waals surface area contributed by atoms with E-state index in [9.17, 15) is 13.2 Å². The molecule has 0 spiro atoms. The highest BCUT2D eigenvalue weighted by molar-refractivity contribution is 7.89. The van der Waals surface area contributed by atoms with Crippen LogP contribution in [-0.4, -0.2) is 25.5 Å². The highest BCUT2D eigenvalue weighted by Gasteiger charge is 2.37. The lowest BCUT2D eigenvalue weighted by atomic mass is 10.1. The van der Waals surface area contributed by atoms with Gasteiger partial charge in [0, 0.05) is 6.04 Å². The molecule has 0 bridgehead atoms. The Bertz CT molecular complexity index is 609. The maximum atomic E-state index is 12.3. The highest BCUT2D eigenvalue weighted by Crippen LogP contribution is 2.31. The second-order valence-corrected chi connectivity index (χ2v) is 6.60. The van der Waals surface area contributed by atoms with Gasteiger partial charge >= 0.3 is 5.97 Å². The van der Waals surface area contributed by atoms with Crippen LogP contribution in [0, 0.1) is 5.92 Å². The van der Waals surface area contributed by atoms with Gasteiger partial charge in [-0.15, -0.1) is 0 Å². The van der Waals surface area contributed by atoms with Crippen LogP contribution < -0.4 is 4.72 Å². The molecule has 1 saturated carbocycles. The molecule has 0 amide bonds. The topological polar surface area (TPSA) is 83.5 Å². The molecule has 2 rings (SSSR count). The molecule has 1 aliphatic carbocycles. The molecule has 0 aromatic heterocycles. The van der Waals surface area contributed by atoms with Crippen molar-refractivity contribution >= 4 is 16.0 Å². The summed E-state index contributed by atoms with van der Waals surface area (Å²) in [6.07, 6.45) is 1.37. The molecule has 1 aromatic carbocycles. The number of hydrogen-bond donors (Lipinski definition) is 2. The van der Waals surface area contributed by atoms with Crippen molar-refractivity contribution in [3.05, 3.63) is 29.3 Å². The summed E-state index contributed by atoms with van der Waals surface area (Å²) in [6.45, 7) is 3.82. The summed E-state index contributed by atoms with van der Waals surface area (Å²) in [6, 6.07) is 4.20. The molecule has 0 heterocycles. The van der Waals surface area contributed by atoms with Crippen LogP contribution in [0.15, 0.2) is 23.1 Å². The average molecular weight is 283 g/mol. The van der Waals surface area contributed by atoms with Gasteiger partial charge in [-0.3, -0.25) is 0 Å². The second-order valence-electron chi connectivity index (χ2n) is 4.92. The predicted octanol–water partition coefficient (Wildman–Crippen LogP) is 1.63. The first-order valence-electron chi connectivity index (χ1n) is 6.23. The number of carboxylic acids is 1. The van der Waals surface area contributed by atoms with Gasteiger partial charge in [-0.05, 0) is 36.5 Å². The van der Waals surface area contributed by atoms with Crippen molar-refractivity contribution in [2.45, 2.75) is 37.6 Å². The second kappa shape index (κ2) is 4.94. The standard InChI is InChI=1S/C13H17NO4S/c1-3-9-4-5-10(13(15)16)7-12(9)19(17,18)14-11-6-8(11)2/h4-5,7-8,11,14H,3,6H2,1-2H3,(H,15,16). The van der Waals surface area contributed by atoms with Gasteiger partial charge in [0.05, 0.1) is 10.5 Å². The van der Waals surface area contributed by atoms with Gasteiger partial charge in [0.15, 0.2) is 0 Å². The van der Waals surface area contributed by atoms with Gasteiger partial charge in [0.25, 0.3) is 0 Å². The monoisotopic (exact) mass is 283 g/mol. The minimum atomic E-state index is -3.64. The molecule has 0 radical (unpaired) electrons. The van der Waals surface area contributed by atoms with Crippen molar-refractivity contribution in [1.82, 2.24) is 4.72 Å². The maximum absolute atomic E-state index is 12.3. The average Bonchev–Trinajstić information content (AvgIpc) is 3.02. The molecule has 2 N–H and O–H groups in total. The van der Waals surface area contributed by atoms with Crippen molar-refractivity contribution in [3.8, 4) is 0 Å². The minimum Gasteiger partial charge on any atom is -0.478 e. The first-order chi connectivity index (χ1) is 8.85. The van der Waals surface area contributed by atoms with Gasteiger partial charge < -0.3 is 5.11 Å². The normalized spacial score (nSPS) is 22.2. The first-order valence-corrected chi connectivity index (χ1v) is 7.72. The number of carboxylic acid groups (broad SMARTS) is 1. The molecule has 2 unspecified atom stereocenters. The predicted molar refractivity (Wildman–Crippen MR) is 70.7 cm³/mol. The Balaban J connectivity index is 2.40. The summed E-state index contributed by atoms with van der Waals surface area (Å²) in [4.78, 5) is 11.0. The van der Waals surface area contributed by atoms with Crippen LogP contribution in [0.3, 0.4) is 0 Å². The summed E-state index contributed by atoms with van der Waals surface area (Å²) in [5.41, 5.74) is 0.618. The first kappa shape index (κ1) is 14.0. The molecule has 5 nitrogen and oxygen atoms in total. The molecule has 19 heavy (non-hydrogen) atoms. The molecule has 104 valence electrons. The molecule has 0 saturated heterocycles. The fourth-order valence-electron chi connectivity index (χ4n) is 1.98. The van der Waals surface area contributed by atoms with E-state index >= 15 is 0 Å². The van der Waals surface area contributed by atoms with Crippen LogP contribution in [0.4, 0.5) is 0 Å². The van der Waals surface area contributed by atoms with E-state index < -0.39 is 16.0 Å². The maximum Gasteiger partial charge on any atom is 0.335 e. The summed E-state index contributed by atoms with van der Waals surface area (Å²) in [5, 5.41) is 8.96. The Morgan fingerprint density at radius 2 is 2.11 bits per heavy atom. The zero-order chi connectivity index (χ0) is 14.2. The van der Waals surface area contributed by atoms with E-state index in [4.69, 9.17) is 5.11 Å². The van der Waals surface area contributed by atoms with E-state index in [0.29, 0.717) is 17.9 Å². The number of aromatic carboxylic acids is 1. The fourth-order valence-corrected chi connectivity index (χ4v) is 3.67. The van der Waals surface area contributed by atoms with E-state index in [1.165, 1.54) is 12.1 Å². The summed E-state index contributed by atoms with van der Waals surface area (Å²) < 4.78 is 27.2. The van der Waals surface area contributed by atoms with Crippen LogP contribution in [0.1, 0.15) is 36.2 Å². The Morgan fingerprint density at radius 3 is 2.58 bits per heavy atom. The number of nitrogens with one attached hydrogen (secondary N) is 1. The number of rotatable bonds is 5. The molecule has 1 fully saturated rings. The number of benzene rings is 1. The zero-order valence-corrected chi connectivity index (χ0v) is 11.7. The Kier molecular flexibility index (Phi) is 3.64. The Labute approximate surface area is 112 Å². The van der Waals surface area contributed by atoms with Gasteiger partial charge in [-0.25, -0.2) is 17.9 Å². The molecule has 1 aliphatic rings. The van der Waals surface area contributed by atoms with E-state index in [0.717, 1.165) is 6.42 Å². The van der Waals surface area contributed by atoms with E-state index in [1.807, 2.05) is 13.8 Å². The largest absolute Gasteiger partial charge is 0.478 e. The lowest BCUT2D eigenvalue weighted by molar-refractivity contribution is 0.0696. The van der Waals surface area contributed by atoms with Gasteiger partial charge in [0.2, 0.25) is 10.0 Å². The highest BCUT2D eigenvalue weighted by atomic mass is 32.2. The van der Waals surface area contributed by atoms with Crippen LogP contribution in [-0.2, 0) is 16.4 Å². The molecular formula is C13H17NO4S. The van der Waals surface area contributed by atoms with Gasteiger partial charge in [-0.2, -0.15) is 0 Å². The smallest absolute Gasteiger partial charge is 0.335 e. The number of sulfonamides is 1. The third-order valence-electron chi connectivity index (χ3n) is 3.40. The lowest BCUT2D eigenvalue weighted by Gasteiger charge is -2.11. The van der Waals surface area contributed by atoms with E-state index in [-0.39, 0.29) is 16.5 Å². The molecule has 0 aliphatic heterocycles. The molecule has 1 aromatic rings. The third kappa shape index (κ3) is 2.96. The molecule has 6 heteroatoms. The van der Waals surface area contributed by atoms with Crippen LogP contribution in [0.25, 0.3) is 0 Å². The molecule has 2 atom stereocenters. The van der Waals surface area contributed by atoms with E-state index in [2.05, 4.69) is 4.72 Å². The Morgan fingerprint density at radius 1 is 1.47 bits per heavy atom. The van der Waals surface area contributed by atoms with Crippen LogP contribution in [0.2, 0.25) is 0 Å². The number of aryl methyl sites for hydroxylation is 1. The minimum absolute atomic E-state index is 0.0126. The summed E-state index contributed by atoms with van der Waals surface area (Å²) >= 11 is 0. The van der Waals surface area contributed by atoms with Crippen molar-refractivity contribution in [1.29, 1.82) is 0 Å². The fraction of sp³-hybridized carbons (Fsp3) is 0.462. The van der Waals surface area contributed by atoms with E-state index in [1.54, 1.807) is 6.07 Å². The third-order valence-corrected chi connectivity index (χ3v) is 4.97. The van der Waals surface area contributed by atoms with Gasteiger partial charge in [-0.1, -0.05) is 19.9 Å². The van der Waals surface area contributed by atoms with Gasteiger partial charge in [0.1, 0.15) is 0 Å². The lowest BCUT2D eigenvalue weighted by Crippen LogP contribution is -2.28. The van der Waals surface area contributed by atoms with Crippen molar-refractivity contribution in [2.24, 2.45) is 5.92 Å². The van der Waals surface area contributed by atoms with Crippen molar-refractivity contribution in [2.75, 3.05) is 0 Å². The van der Waals surface area contributed by atoms with Crippen molar-refractivity contribution < 1.29 is 18.3 Å². The number of hydrogen-bond acceptors (Lipinski definition) is 3. The quantitative estimate of drug-likeness (QED) is 0.860. The SMILES string of the molecule is CCc1ccc(C(=O)O)cc1S(=O)(=O)NC1CC1C. The van der Waals surface area contributed by atoms with Crippen LogP contribution >= 0.6 is 0 Å². The van der Waals surface area contributed by atoms with Crippen molar-refractivity contribution in [3.63, 3.8) is 0 Å². The Hall–Kier alpha value is -1.40. The molecular weight excluding hydrogens is 266 g/mol. The summed E-state index contributed by atoms with van der Waals surface area (Å²) in [7, 11) is -3.64. The number of carbonyl (C=O) groups is 1. The summed E-state index contributed by atoms with van der Waals surface area (Å²) in [5.74, 6) is -0.776. The zero-order valence-electron chi connectivity index (χ0n) is 10.9.